The van der Waals surface area contributed by atoms with Gasteiger partial charge in [0.2, 0.25) is 0 Å². The van der Waals surface area contributed by atoms with Gasteiger partial charge in [-0.25, -0.2) is 4.79 Å². The molecule has 4 nitrogen and oxygen atoms in total. The van der Waals surface area contributed by atoms with Crippen LogP contribution in [0.25, 0.3) is 0 Å². The molecule has 1 atom stereocenters. The molecule has 1 unspecified atom stereocenters. The van der Waals surface area contributed by atoms with Crippen molar-refractivity contribution in [2.24, 2.45) is 0 Å². The largest absolute Gasteiger partial charge is 0.479 e. The summed E-state index contributed by atoms with van der Waals surface area (Å²) in [6, 6.07) is 4.76. The molecule has 0 aliphatic heterocycles. The van der Waals surface area contributed by atoms with Gasteiger partial charge in [-0.2, -0.15) is 0 Å². The molecule has 0 heterocycles. The zero-order valence-electron chi connectivity index (χ0n) is 9.40. The Bertz CT molecular complexity index is 461. The molecule has 2 N–H and O–H groups in total. The highest BCUT2D eigenvalue weighted by Crippen LogP contribution is 2.22. The summed E-state index contributed by atoms with van der Waals surface area (Å²) in [6.45, 7) is 0. The minimum atomic E-state index is -1.60. The van der Waals surface area contributed by atoms with Crippen LogP contribution >= 0.6 is 27.5 Å². The van der Waals surface area contributed by atoms with Gasteiger partial charge in [-0.1, -0.05) is 34.1 Å². The van der Waals surface area contributed by atoms with Gasteiger partial charge in [0.25, 0.3) is 0 Å². The van der Waals surface area contributed by atoms with Gasteiger partial charge in [-0.05, 0) is 16.7 Å². The van der Waals surface area contributed by atoms with Gasteiger partial charge in [0.05, 0.1) is 5.33 Å². The SMILES string of the molecule is O=C(CBr)Cc1ccc(C(O)C(=O)O)c(CCl)c1. The van der Waals surface area contributed by atoms with Crippen LogP contribution in [0.3, 0.4) is 0 Å². The van der Waals surface area contributed by atoms with Crippen LogP contribution in [-0.4, -0.2) is 27.3 Å². The van der Waals surface area contributed by atoms with Gasteiger partial charge < -0.3 is 10.2 Å². The number of alkyl halides is 2. The molecule has 18 heavy (non-hydrogen) atoms. The lowest BCUT2D eigenvalue weighted by atomic mass is 9.98. The standard InChI is InChI=1S/C12H12BrClO4/c13-5-9(15)4-7-1-2-10(8(3-7)6-14)11(16)12(17)18/h1-3,11,16H,4-6H2,(H,17,18). The molecule has 0 amide bonds. The van der Waals surface area contributed by atoms with Crippen LogP contribution in [0.1, 0.15) is 22.8 Å². The molecule has 0 aliphatic rings. The average molecular weight is 336 g/mol. The summed E-state index contributed by atoms with van der Waals surface area (Å²) < 4.78 is 0. The van der Waals surface area contributed by atoms with Crippen molar-refractivity contribution in [3.8, 4) is 0 Å². The number of carboxylic acids is 1. The summed E-state index contributed by atoms with van der Waals surface area (Å²) in [6.07, 6.45) is -1.35. The second kappa shape index (κ2) is 6.87. The first-order chi connectivity index (χ1) is 8.49. The van der Waals surface area contributed by atoms with E-state index < -0.39 is 12.1 Å². The van der Waals surface area contributed by atoms with Crippen LogP contribution in [0, 0.1) is 0 Å². The van der Waals surface area contributed by atoms with Crippen molar-refractivity contribution in [1.29, 1.82) is 0 Å². The maximum absolute atomic E-state index is 11.3. The Kier molecular flexibility index (Phi) is 5.78. The molecule has 0 bridgehead atoms. The third-order valence-corrected chi connectivity index (χ3v) is 3.34. The predicted octanol–water partition coefficient (Wildman–Crippen LogP) is 2.05. The van der Waals surface area contributed by atoms with Crippen molar-refractivity contribution in [2.45, 2.75) is 18.4 Å². The number of ketones is 1. The smallest absolute Gasteiger partial charge is 0.337 e. The highest BCUT2D eigenvalue weighted by Gasteiger charge is 2.19. The Morgan fingerprint density at radius 3 is 2.56 bits per heavy atom. The maximum Gasteiger partial charge on any atom is 0.337 e. The fourth-order valence-electron chi connectivity index (χ4n) is 1.56. The van der Waals surface area contributed by atoms with E-state index in [2.05, 4.69) is 15.9 Å². The fraction of sp³-hybridized carbons (Fsp3) is 0.333. The van der Waals surface area contributed by atoms with Crippen molar-refractivity contribution >= 4 is 39.3 Å². The minimum Gasteiger partial charge on any atom is -0.479 e. The van der Waals surface area contributed by atoms with Crippen LogP contribution in [0.4, 0.5) is 0 Å². The molecule has 0 saturated carbocycles. The topological polar surface area (TPSA) is 74.6 Å². The van der Waals surface area contributed by atoms with Crippen molar-refractivity contribution in [1.82, 2.24) is 0 Å². The van der Waals surface area contributed by atoms with E-state index in [9.17, 15) is 14.7 Å². The molecule has 0 spiro atoms. The summed E-state index contributed by atoms with van der Waals surface area (Å²) in [5.41, 5.74) is 1.52. The van der Waals surface area contributed by atoms with Crippen LogP contribution in [0.5, 0.6) is 0 Å². The molecule has 1 rings (SSSR count). The van der Waals surface area contributed by atoms with E-state index in [-0.39, 0.29) is 29.0 Å². The molecule has 0 saturated heterocycles. The second-order valence-corrected chi connectivity index (χ2v) is 4.58. The monoisotopic (exact) mass is 334 g/mol. The predicted molar refractivity (Wildman–Crippen MR) is 71.1 cm³/mol. The van der Waals surface area contributed by atoms with Gasteiger partial charge in [-0.3, -0.25) is 4.79 Å². The van der Waals surface area contributed by atoms with Crippen LogP contribution in [0.15, 0.2) is 18.2 Å². The lowest BCUT2D eigenvalue weighted by Crippen LogP contribution is -2.13. The van der Waals surface area contributed by atoms with Crippen molar-refractivity contribution in [3.05, 3.63) is 34.9 Å². The number of rotatable bonds is 6. The van der Waals surface area contributed by atoms with E-state index in [4.69, 9.17) is 16.7 Å². The van der Waals surface area contributed by atoms with Crippen molar-refractivity contribution in [3.63, 3.8) is 0 Å². The number of halogens is 2. The number of hydrogen-bond acceptors (Lipinski definition) is 3. The van der Waals surface area contributed by atoms with Crippen LogP contribution in [-0.2, 0) is 21.9 Å². The van der Waals surface area contributed by atoms with Gasteiger partial charge in [0.15, 0.2) is 6.10 Å². The van der Waals surface area contributed by atoms with E-state index in [1.807, 2.05) is 0 Å². The first-order valence-corrected chi connectivity index (χ1v) is 6.81. The number of carbonyl (C=O) groups excluding carboxylic acids is 1. The van der Waals surface area contributed by atoms with E-state index in [1.54, 1.807) is 12.1 Å². The first kappa shape index (κ1) is 15.1. The Hall–Kier alpha value is -0.910. The normalized spacial score (nSPS) is 12.2. The van der Waals surface area contributed by atoms with Gasteiger partial charge in [0, 0.05) is 12.3 Å². The van der Waals surface area contributed by atoms with Gasteiger partial charge in [-0.15, -0.1) is 11.6 Å². The quantitative estimate of drug-likeness (QED) is 0.780. The van der Waals surface area contributed by atoms with E-state index in [0.29, 0.717) is 5.56 Å². The zero-order valence-corrected chi connectivity index (χ0v) is 11.7. The molecule has 0 aromatic heterocycles. The lowest BCUT2D eigenvalue weighted by molar-refractivity contribution is -0.147. The van der Waals surface area contributed by atoms with Gasteiger partial charge in [0.1, 0.15) is 5.78 Å². The Labute approximate surface area is 118 Å². The van der Waals surface area contributed by atoms with Gasteiger partial charge >= 0.3 is 5.97 Å². The molecule has 0 radical (unpaired) electrons. The van der Waals surface area contributed by atoms with Crippen LogP contribution in [0.2, 0.25) is 0 Å². The highest BCUT2D eigenvalue weighted by molar-refractivity contribution is 9.09. The van der Waals surface area contributed by atoms with E-state index >= 15 is 0 Å². The molecule has 0 fully saturated rings. The third kappa shape index (κ3) is 3.80. The average Bonchev–Trinajstić information content (AvgIpc) is 2.37. The van der Waals surface area contributed by atoms with E-state index in [1.165, 1.54) is 6.07 Å². The molecular weight excluding hydrogens is 323 g/mol. The van der Waals surface area contributed by atoms with Crippen molar-refractivity contribution < 1.29 is 19.8 Å². The minimum absolute atomic E-state index is 0.0158. The summed E-state index contributed by atoms with van der Waals surface area (Å²) in [5, 5.41) is 18.5. The second-order valence-electron chi connectivity index (χ2n) is 3.76. The molecule has 0 aliphatic carbocycles. The highest BCUT2D eigenvalue weighted by atomic mass is 79.9. The number of hydrogen-bond donors (Lipinski definition) is 2. The number of aliphatic hydroxyl groups excluding tert-OH is 1. The molecule has 98 valence electrons. The van der Waals surface area contributed by atoms with Crippen molar-refractivity contribution in [2.75, 3.05) is 5.33 Å². The molecule has 6 heteroatoms. The summed E-state index contributed by atoms with van der Waals surface area (Å²) in [4.78, 5) is 22.0. The number of Topliss-reactive ketones (excluding diaryl/α,β-unsaturated/α-hetero) is 1. The maximum atomic E-state index is 11.3. The first-order valence-electron chi connectivity index (χ1n) is 5.15. The summed E-state index contributed by atoms with van der Waals surface area (Å²) in [7, 11) is 0. The van der Waals surface area contributed by atoms with E-state index in [0.717, 1.165) is 5.56 Å². The third-order valence-electron chi connectivity index (χ3n) is 2.43. The number of carbonyl (C=O) groups is 2. The number of carboxylic acid groups (broad SMARTS) is 1. The molecular formula is C12H12BrClO4. The number of aliphatic carboxylic acids is 1. The molecule has 1 aromatic rings. The summed E-state index contributed by atoms with van der Waals surface area (Å²) >= 11 is 8.80. The fourth-order valence-corrected chi connectivity index (χ4v) is 1.99. The summed E-state index contributed by atoms with van der Waals surface area (Å²) in [5.74, 6) is -1.23. The number of aliphatic hydroxyl groups is 1. The zero-order chi connectivity index (χ0) is 13.7. The molecule has 1 aromatic carbocycles. The Morgan fingerprint density at radius 2 is 2.06 bits per heavy atom. The lowest BCUT2D eigenvalue weighted by Gasteiger charge is -2.12. The van der Waals surface area contributed by atoms with Crippen LogP contribution < -0.4 is 0 Å². The number of benzene rings is 1. The Morgan fingerprint density at radius 1 is 1.39 bits per heavy atom. The Balaban J connectivity index is 3.03.